The molecule has 0 bridgehead atoms. The SMILES string of the molecule is CC(C)(C)S(=O)Sc1nc2ccccc2s1. The first kappa shape index (κ1) is 12.1. The topological polar surface area (TPSA) is 30.0 Å². The Kier molecular flexibility index (Phi) is 3.37. The Morgan fingerprint density at radius 3 is 2.62 bits per heavy atom. The van der Waals surface area contributed by atoms with Gasteiger partial charge in [0, 0.05) is 15.5 Å². The van der Waals surface area contributed by atoms with Crippen molar-refractivity contribution in [2.24, 2.45) is 0 Å². The van der Waals surface area contributed by atoms with Gasteiger partial charge in [-0.15, -0.1) is 11.3 Å². The van der Waals surface area contributed by atoms with Gasteiger partial charge < -0.3 is 0 Å². The normalized spacial score (nSPS) is 14.2. The van der Waals surface area contributed by atoms with Crippen molar-refractivity contribution in [3.63, 3.8) is 0 Å². The summed E-state index contributed by atoms with van der Waals surface area (Å²) in [5.74, 6) is 0. The van der Waals surface area contributed by atoms with Crippen molar-refractivity contribution >= 4 is 42.2 Å². The average Bonchev–Trinajstić information content (AvgIpc) is 2.58. The van der Waals surface area contributed by atoms with Gasteiger partial charge in [0.2, 0.25) is 0 Å². The summed E-state index contributed by atoms with van der Waals surface area (Å²) < 4.78 is 13.8. The van der Waals surface area contributed by atoms with Crippen LogP contribution in [-0.4, -0.2) is 13.9 Å². The van der Waals surface area contributed by atoms with Crippen molar-refractivity contribution < 1.29 is 4.21 Å². The minimum absolute atomic E-state index is 0.206. The average molecular weight is 271 g/mol. The Morgan fingerprint density at radius 1 is 1.31 bits per heavy atom. The summed E-state index contributed by atoms with van der Waals surface area (Å²) in [7, 11) is 0.405. The summed E-state index contributed by atoms with van der Waals surface area (Å²) in [6, 6.07) is 7.99. The lowest BCUT2D eigenvalue weighted by Gasteiger charge is -2.14. The second kappa shape index (κ2) is 4.47. The van der Waals surface area contributed by atoms with Crippen LogP contribution in [0.5, 0.6) is 0 Å². The van der Waals surface area contributed by atoms with E-state index in [-0.39, 0.29) is 4.75 Å². The maximum atomic E-state index is 12.0. The zero-order chi connectivity index (χ0) is 11.8. The smallest absolute Gasteiger partial charge is 0.164 e. The van der Waals surface area contributed by atoms with Gasteiger partial charge in [-0.2, -0.15) is 0 Å². The molecule has 2 rings (SSSR count). The Hall–Kier alpha value is -0.390. The quantitative estimate of drug-likeness (QED) is 0.777. The van der Waals surface area contributed by atoms with Gasteiger partial charge in [0.25, 0.3) is 0 Å². The van der Waals surface area contributed by atoms with Gasteiger partial charge in [0.15, 0.2) is 4.34 Å². The molecule has 1 heterocycles. The van der Waals surface area contributed by atoms with Crippen molar-refractivity contribution in [2.45, 2.75) is 29.9 Å². The maximum absolute atomic E-state index is 12.0. The lowest BCUT2D eigenvalue weighted by Crippen LogP contribution is -2.18. The molecular formula is C11H13NOS3. The van der Waals surface area contributed by atoms with Crippen molar-refractivity contribution in [1.82, 2.24) is 4.98 Å². The summed E-state index contributed by atoms with van der Waals surface area (Å²) in [6.07, 6.45) is 0. The molecule has 0 N–H and O–H groups in total. The van der Waals surface area contributed by atoms with Gasteiger partial charge in [-0.05, 0) is 32.9 Å². The Labute approximate surface area is 105 Å². The molecule has 86 valence electrons. The second-order valence-electron chi connectivity index (χ2n) is 4.38. The van der Waals surface area contributed by atoms with Crippen molar-refractivity contribution in [3.05, 3.63) is 24.3 Å². The molecule has 0 aliphatic carbocycles. The van der Waals surface area contributed by atoms with E-state index in [1.54, 1.807) is 11.3 Å². The molecule has 0 amide bonds. The molecule has 0 saturated heterocycles. The fourth-order valence-electron chi connectivity index (χ4n) is 1.08. The zero-order valence-electron chi connectivity index (χ0n) is 9.39. The van der Waals surface area contributed by atoms with Gasteiger partial charge in [-0.3, -0.25) is 0 Å². The molecule has 1 aromatic carbocycles. The number of nitrogens with zero attached hydrogens (tertiary/aromatic N) is 1. The molecule has 2 aromatic rings. The van der Waals surface area contributed by atoms with E-state index in [0.29, 0.717) is 0 Å². The van der Waals surface area contributed by atoms with Crippen LogP contribution < -0.4 is 0 Å². The molecule has 5 heteroatoms. The number of fused-ring (bicyclic) bond motifs is 1. The first-order chi connectivity index (χ1) is 7.47. The number of benzene rings is 1. The Bertz CT molecular complexity index is 494. The minimum Gasteiger partial charge on any atom is -0.247 e. The number of para-hydroxylation sites is 1. The first-order valence-electron chi connectivity index (χ1n) is 4.92. The van der Waals surface area contributed by atoms with Crippen LogP contribution in [0.4, 0.5) is 0 Å². The van der Waals surface area contributed by atoms with Gasteiger partial charge >= 0.3 is 0 Å². The summed E-state index contributed by atoms with van der Waals surface area (Å²) in [4.78, 5) is 4.45. The van der Waals surface area contributed by atoms with E-state index in [2.05, 4.69) is 4.98 Å². The lowest BCUT2D eigenvalue weighted by atomic mass is 10.3. The molecule has 16 heavy (non-hydrogen) atoms. The predicted octanol–water partition coefficient (Wildman–Crippen LogP) is 3.85. The molecule has 0 saturated carbocycles. The fourth-order valence-corrected chi connectivity index (χ4v) is 4.81. The van der Waals surface area contributed by atoms with Gasteiger partial charge in [0.05, 0.1) is 20.0 Å². The van der Waals surface area contributed by atoms with Crippen LogP contribution in [0.3, 0.4) is 0 Å². The van der Waals surface area contributed by atoms with E-state index in [1.807, 2.05) is 45.0 Å². The standard InChI is InChI=1S/C11H13NOS3/c1-11(2,3)16(13)15-10-12-8-6-4-5-7-9(8)14-10/h4-7H,1-3H3. The predicted molar refractivity (Wildman–Crippen MR) is 73.4 cm³/mol. The maximum Gasteiger partial charge on any atom is 0.164 e. The van der Waals surface area contributed by atoms with E-state index in [9.17, 15) is 4.21 Å². The molecule has 0 fully saturated rings. The summed E-state index contributed by atoms with van der Waals surface area (Å²) >= 11 is 1.60. The van der Waals surface area contributed by atoms with Crippen LogP contribution in [0, 0.1) is 0 Å². The van der Waals surface area contributed by atoms with Crippen LogP contribution in [0.25, 0.3) is 10.2 Å². The van der Waals surface area contributed by atoms with Crippen molar-refractivity contribution in [3.8, 4) is 0 Å². The van der Waals surface area contributed by atoms with Crippen LogP contribution >= 0.6 is 22.1 Å². The molecule has 1 unspecified atom stereocenters. The first-order valence-corrected chi connectivity index (χ1v) is 8.22. The van der Waals surface area contributed by atoms with E-state index >= 15 is 0 Å². The fraction of sp³-hybridized carbons (Fsp3) is 0.364. The van der Waals surface area contributed by atoms with Gasteiger partial charge in [-0.25, -0.2) is 9.19 Å². The third kappa shape index (κ3) is 2.64. The Morgan fingerprint density at radius 2 is 2.00 bits per heavy atom. The van der Waals surface area contributed by atoms with E-state index in [4.69, 9.17) is 0 Å². The molecule has 1 atom stereocenters. The van der Waals surface area contributed by atoms with Crippen molar-refractivity contribution in [2.75, 3.05) is 0 Å². The monoisotopic (exact) mass is 271 g/mol. The Balaban J connectivity index is 2.25. The van der Waals surface area contributed by atoms with Gasteiger partial charge in [-0.1, -0.05) is 12.1 Å². The van der Waals surface area contributed by atoms with Crippen LogP contribution in [0.15, 0.2) is 28.6 Å². The highest BCUT2D eigenvalue weighted by atomic mass is 33.1. The summed E-state index contributed by atoms with van der Waals surface area (Å²) in [5, 5.41) is 0. The molecule has 1 aromatic heterocycles. The third-order valence-corrected chi connectivity index (χ3v) is 7.38. The van der Waals surface area contributed by atoms with Crippen LogP contribution in [-0.2, 0) is 9.83 Å². The molecule has 2 nitrogen and oxygen atoms in total. The molecule has 0 spiro atoms. The largest absolute Gasteiger partial charge is 0.247 e. The number of rotatable bonds is 2. The minimum atomic E-state index is -0.950. The van der Waals surface area contributed by atoms with E-state index in [1.165, 1.54) is 10.8 Å². The summed E-state index contributed by atoms with van der Waals surface area (Å²) in [6.45, 7) is 5.93. The molecule has 0 radical (unpaired) electrons. The number of hydrogen-bond acceptors (Lipinski definition) is 4. The lowest BCUT2D eigenvalue weighted by molar-refractivity contribution is 0.661. The zero-order valence-corrected chi connectivity index (χ0v) is 11.8. The summed E-state index contributed by atoms with van der Waals surface area (Å²) in [5.41, 5.74) is 0.987. The number of aromatic nitrogens is 1. The molecule has 0 aliphatic heterocycles. The number of thiazole rings is 1. The van der Waals surface area contributed by atoms with E-state index < -0.39 is 9.83 Å². The molecule has 0 aliphatic rings. The highest BCUT2D eigenvalue weighted by Gasteiger charge is 2.22. The third-order valence-electron chi connectivity index (χ3n) is 1.92. The number of hydrogen-bond donors (Lipinski definition) is 0. The highest BCUT2D eigenvalue weighted by Crippen LogP contribution is 2.34. The molecular weight excluding hydrogens is 258 g/mol. The van der Waals surface area contributed by atoms with Gasteiger partial charge in [0.1, 0.15) is 0 Å². The second-order valence-corrected chi connectivity index (χ2v) is 9.32. The van der Waals surface area contributed by atoms with Crippen LogP contribution in [0.1, 0.15) is 20.8 Å². The van der Waals surface area contributed by atoms with E-state index in [0.717, 1.165) is 14.6 Å². The van der Waals surface area contributed by atoms with Crippen LogP contribution in [0.2, 0.25) is 0 Å². The van der Waals surface area contributed by atoms with Crippen molar-refractivity contribution in [1.29, 1.82) is 0 Å². The highest BCUT2D eigenvalue weighted by molar-refractivity contribution is 8.70.